The Morgan fingerprint density at radius 1 is 1.23 bits per heavy atom. The summed E-state index contributed by atoms with van der Waals surface area (Å²) in [7, 11) is 3.59. The molecule has 2 heterocycles. The highest BCUT2D eigenvalue weighted by Crippen LogP contribution is 2.21. The second-order valence-corrected chi connectivity index (χ2v) is 6.42. The van der Waals surface area contributed by atoms with Crippen molar-refractivity contribution < 1.29 is 9.32 Å². The number of hydrogen-bond acceptors (Lipinski definition) is 6. The molecule has 1 fully saturated rings. The summed E-state index contributed by atoms with van der Waals surface area (Å²) in [6, 6.07) is 0.117. The highest BCUT2D eigenvalue weighted by atomic mass is 16.5. The van der Waals surface area contributed by atoms with Crippen LogP contribution in [-0.4, -0.2) is 77.6 Å². The number of carbonyl (C=O) groups excluding carboxylic acids is 1. The number of carbonyl (C=O) groups is 1. The lowest BCUT2D eigenvalue weighted by molar-refractivity contribution is -0.130. The number of likely N-dealkylation sites (N-methyl/N-ethyl adjacent to an activating group) is 1. The molecule has 1 atom stereocenters. The van der Waals surface area contributed by atoms with Crippen molar-refractivity contribution in [2.24, 2.45) is 0 Å². The third-order valence-electron chi connectivity index (χ3n) is 4.14. The Morgan fingerprint density at radius 2 is 1.86 bits per heavy atom. The van der Waals surface area contributed by atoms with E-state index in [1.165, 1.54) is 0 Å². The zero-order valence-corrected chi connectivity index (χ0v) is 14.2. The summed E-state index contributed by atoms with van der Waals surface area (Å²) >= 11 is 0. The average Bonchev–Trinajstić information content (AvgIpc) is 2.97. The van der Waals surface area contributed by atoms with E-state index in [-0.39, 0.29) is 17.9 Å². The van der Waals surface area contributed by atoms with Crippen LogP contribution in [0.1, 0.15) is 44.4 Å². The topological polar surface area (TPSA) is 65.7 Å². The molecule has 7 nitrogen and oxygen atoms in total. The van der Waals surface area contributed by atoms with Crippen molar-refractivity contribution in [2.75, 3.05) is 46.8 Å². The third-order valence-corrected chi connectivity index (χ3v) is 4.14. The van der Waals surface area contributed by atoms with E-state index in [1.807, 2.05) is 0 Å². The zero-order valence-electron chi connectivity index (χ0n) is 14.2. The van der Waals surface area contributed by atoms with Gasteiger partial charge in [-0.1, -0.05) is 19.0 Å². The van der Waals surface area contributed by atoms with Gasteiger partial charge in [-0.2, -0.15) is 4.98 Å². The molecule has 0 spiro atoms. The predicted octanol–water partition coefficient (Wildman–Crippen LogP) is 0.960. The van der Waals surface area contributed by atoms with Gasteiger partial charge in [-0.25, -0.2) is 0 Å². The van der Waals surface area contributed by atoms with Crippen LogP contribution in [0.25, 0.3) is 0 Å². The van der Waals surface area contributed by atoms with Crippen LogP contribution >= 0.6 is 0 Å². The molecule has 1 saturated heterocycles. The summed E-state index contributed by atoms with van der Waals surface area (Å²) < 4.78 is 5.39. The minimum absolute atomic E-state index is 0.117. The standard InChI is InChI=1S/C15H27N5O2/c1-11(2)14-16-15(22-17-14)12(3)20-8-6-19(7-9-20)10-13(21)18(4)5/h11-12H,6-10H2,1-5H3. The van der Waals surface area contributed by atoms with Crippen molar-refractivity contribution in [1.29, 1.82) is 0 Å². The van der Waals surface area contributed by atoms with E-state index in [2.05, 4.69) is 40.7 Å². The van der Waals surface area contributed by atoms with Crippen LogP contribution in [0.5, 0.6) is 0 Å². The van der Waals surface area contributed by atoms with Crippen LogP contribution in [0.4, 0.5) is 0 Å². The van der Waals surface area contributed by atoms with E-state index in [4.69, 9.17) is 4.52 Å². The third kappa shape index (κ3) is 4.04. The van der Waals surface area contributed by atoms with Gasteiger partial charge in [0.1, 0.15) is 0 Å². The highest BCUT2D eigenvalue weighted by molar-refractivity contribution is 5.77. The van der Waals surface area contributed by atoms with Gasteiger partial charge in [-0.15, -0.1) is 0 Å². The molecule has 0 aliphatic carbocycles. The Labute approximate surface area is 132 Å². The Balaban J connectivity index is 1.86. The summed E-state index contributed by atoms with van der Waals surface area (Å²) in [5, 5.41) is 4.03. The predicted molar refractivity (Wildman–Crippen MR) is 83.5 cm³/mol. The molecule has 1 amide bonds. The first kappa shape index (κ1) is 16.9. The average molecular weight is 309 g/mol. The molecule has 1 aliphatic heterocycles. The van der Waals surface area contributed by atoms with Gasteiger partial charge in [0.2, 0.25) is 11.8 Å². The highest BCUT2D eigenvalue weighted by Gasteiger charge is 2.26. The van der Waals surface area contributed by atoms with E-state index in [1.54, 1.807) is 19.0 Å². The van der Waals surface area contributed by atoms with Crippen LogP contribution in [0, 0.1) is 0 Å². The van der Waals surface area contributed by atoms with Crippen LogP contribution < -0.4 is 0 Å². The second kappa shape index (κ2) is 7.19. The minimum atomic E-state index is 0.117. The molecule has 1 aliphatic rings. The maximum absolute atomic E-state index is 11.8. The summed E-state index contributed by atoms with van der Waals surface area (Å²) in [6.07, 6.45) is 0. The molecule has 0 saturated carbocycles. The minimum Gasteiger partial charge on any atom is -0.348 e. The second-order valence-electron chi connectivity index (χ2n) is 6.42. The Kier molecular flexibility index (Phi) is 5.52. The van der Waals surface area contributed by atoms with Gasteiger partial charge in [-0.05, 0) is 6.92 Å². The smallest absolute Gasteiger partial charge is 0.243 e. The number of nitrogens with zero attached hydrogens (tertiary/aromatic N) is 5. The van der Waals surface area contributed by atoms with Gasteiger partial charge in [0.15, 0.2) is 5.82 Å². The summed E-state index contributed by atoms with van der Waals surface area (Å²) in [4.78, 5) is 22.4. The summed E-state index contributed by atoms with van der Waals surface area (Å²) in [5.74, 6) is 1.87. The molecule has 1 unspecified atom stereocenters. The van der Waals surface area contributed by atoms with E-state index in [0.717, 1.165) is 32.0 Å². The molecule has 2 rings (SSSR count). The Bertz CT molecular complexity index is 492. The Morgan fingerprint density at radius 3 is 2.36 bits per heavy atom. The molecular formula is C15H27N5O2. The van der Waals surface area contributed by atoms with Gasteiger partial charge in [0.25, 0.3) is 0 Å². The molecule has 7 heteroatoms. The fourth-order valence-electron chi connectivity index (χ4n) is 2.45. The van der Waals surface area contributed by atoms with Crippen LogP contribution in [-0.2, 0) is 4.79 Å². The van der Waals surface area contributed by atoms with Crippen LogP contribution in [0.15, 0.2) is 4.52 Å². The van der Waals surface area contributed by atoms with Crippen molar-refractivity contribution in [3.8, 4) is 0 Å². The number of rotatable bonds is 5. The molecular weight excluding hydrogens is 282 g/mol. The lowest BCUT2D eigenvalue weighted by Gasteiger charge is -2.36. The molecule has 22 heavy (non-hydrogen) atoms. The molecule has 0 N–H and O–H groups in total. The van der Waals surface area contributed by atoms with Gasteiger partial charge in [-0.3, -0.25) is 14.6 Å². The lowest BCUT2D eigenvalue weighted by atomic mass is 10.2. The van der Waals surface area contributed by atoms with E-state index in [0.29, 0.717) is 12.4 Å². The first-order valence-electron chi connectivity index (χ1n) is 7.88. The zero-order chi connectivity index (χ0) is 16.3. The molecule has 0 aromatic carbocycles. The summed E-state index contributed by atoms with van der Waals surface area (Å²) in [5.41, 5.74) is 0. The number of aromatic nitrogens is 2. The fraction of sp³-hybridized carbons (Fsp3) is 0.800. The van der Waals surface area contributed by atoms with Gasteiger partial charge < -0.3 is 9.42 Å². The lowest BCUT2D eigenvalue weighted by Crippen LogP contribution is -2.49. The summed E-state index contributed by atoms with van der Waals surface area (Å²) in [6.45, 7) is 10.3. The monoisotopic (exact) mass is 309 g/mol. The maximum Gasteiger partial charge on any atom is 0.243 e. The number of piperazine rings is 1. The van der Waals surface area contributed by atoms with Gasteiger partial charge in [0.05, 0.1) is 12.6 Å². The van der Waals surface area contributed by atoms with Crippen molar-refractivity contribution >= 4 is 5.91 Å². The van der Waals surface area contributed by atoms with Crippen molar-refractivity contribution in [1.82, 2.24) is 24.8 Å². The molecule has 0 radical (unpaired) electrons. The quantitative estimate of drug-likeness (QED) is 0.807. The first-order valence-corrected chi connectivity index (χ1v) is 7.88. The van der Waals surface area contributed by atoms with E-state index >= 15 is 0 Å². The SMILES string of the molecule is CC(C)c1noc(C(C)N2CCN(CC(=O)N(C)C)CC2)n1. The molecule has 1 aromatic rings. The Hall–Kier alpha value is -1.47. The largest absolute Gasteiger partial charge is 0.348 e. The normalized spacial score (nSPS) is 18.6. The van der Waals surface area contributed by atoms with Gasteiger partial charge in [0, 0.05) is 46.2 Å². The van der Waals surface area contributed by atoms with Crippen LogP contribution in [0.3, 0.4) is 0 Å². The van der Waals surface area contributed by atoms with Crippen molar-refractivity contribution in [3.05, 3.63) is 11.7 Å². The number of amides is 1. The van der Waals surface area contributed by atoms with E-state index in [9.17, 15) is 4.79 Å². The number of hydrogen-bond donors (Lipinski definition) is 0. The van der Waals surface area contributed by atoms with Crippen LogP contribution in [0.2, 0.25) is 0 Å². The fourth-order valence-corrected chi connectivity index (χ4v) is 2.45. The molecule has 0 bridgehead atoms. The van der Waals surface area contributed by atoms with Crippen molar-refractivity contribution in [2.45, 2.75) is 32.7 Å². The maximum atomic E-state index is 11.8. The molecule has 124 valence electrons. The van der Waals surface area contributed by atoms with E-state index < -0.39 is 0 Å². The molecule has 1 aromatic heterocycles. The first-order chi connectivity index (χ1) is 10.4. The van der Waals surface area contributed by atoms with Gasteiger partial charge >= 0.3 is 0 Å². The van der Waals surface area contributed by atoms with Crippen molar-refractivity contribution in [3.63, 3.8) is 0 Å².